The van der Waals surface area contributed by atoms with Gasteiger partial charge in [-0.2, -0.15) is 0 Å². The van der Waals surface area contributed by atoms with E-state index in [0.717, 1.165) is 5.69 Å². The zero-order valence-electron chi connectivity index (χ0n) is 10.8. The van der Waals surface area contributed by atoms with E-state index in [-0.39, 0.29) is 11.7 Å². The van der Waals surface area contributed by atoms with E-state index < -0.39 is 11.9 Å². The van der Waals surface area contributed by atoms with Gasteiger partial charge in [0, 0.05) is 31.9 Å². The first kappa shape index (κ1) is 14.6. The Balaban J connectivity index is 1.87. The quantitative estimate of drug-likeness (QED) is 0.841. The fourth-order valence-electron chi connectivity index (χ4n) is 2.05. The molecule has 5 nitrogen and oxygen atoms in total. The van der Waals surface area contributed by atoms with Crippen LogP contribution in [-0.2, 0) is 4.79 Å². The van der Waals surface area contributed by atoms with E-state index in [1.807, 2.05) is 0 Å². The molecule has 0 saturated carbocycles. The third-order valence-electron chi connectivity index (χ3n) is 3.13. The number of rotatable bonds is 2. The molecule has 0 spiro atoms. The number of piperazine rings is 1. The van der Waals surface area contributed by atoms with Crippen molar-refractivity contribution in [2.45, 2.75) is 0 Å². The molecule has 1 heterocycles. The molecule has 1 saturated heterocycles. The Morgan fingerprint density at radius 2 is 1.75 bits per heavy atom. The summed E-state index contributed by atoms with van der Waals surface area (Å²) in [5, 5.41) is 2.21. The lowest BCUT2D eigenvalue weighted by Crippen LogP contribution is -2.53. The van der Waals surface area contributed by atoms with E-state index in [1.165, 1.54) is 12.1 Å². The Labute approximate surface area is 121 Å². The molecule has 1 aromatic carbocycles. The summed E-state index contributed by atoms with van der Waals surface area (Å²) in [6, 6.07) is 5.82. The Morgan fingerprint density at radius 1 is 1.15 bits per heavy atom. The van der Waals surface area contributed by atoms with Gasteiger partial charge in [0.15, 0.2) is 0 Å². The van der Waals surface area contributed by atoms with Crippen LogP contribution in [0.25, 0.3) is 0 Å². The SMILES string of the molecule is O=C(CCl)NC(=O)N1CCN(c2ccc(F)cc2)CC1. The van der Waals surface area contributed by atoms with Gasteiger partial charge in [0.25, 0.3) is 0 Å². The zero-order chi connectivity index (χ0) is 14.5. The maximum atomic E-state index is 12.9. The van der Waals surface area contributed by atoms with Crippen LogP contribution in [0.1, 0.15) is 0 Å². The topological polar surface area (TPSA) is 52.7 Å². The van der Waals surface area contributed by atoms with Gasteiger partial charge in [-0.1, -0.05) is 0 Å². The predicted octanol–water partition coefficient (Wildman–Crippen LogP) is 1.42. The van der Waals surface area contributed by atoms with Crippen molar-refractivity contribution in [3.8, 4) is 0 Å². The second-order valence-electron chi connectivity index (χ2n) is 4.44. The van der Waals surface area contributed by atoms with Crippen LogP contribution >= 0.6 is 11.6 Å². The number of hydrogen-bond acceptors (Lipinski definition) is 3. The number of alkyl halides is 1. The second kappa shape index (κ2) is 6.56. The Bertz CT molecular complexity index is 487. The van der Waals surface area contributed by atoms with Crippen LogP contribution in [0, 0.1) is 5.82 Å². The molecule has 1 aliphatic rings. The Kier molecular flexibility index (Phi) is 4.79. The molecule has 1 fully saturated rings. The minimum atomic E-state index is -0.502. The molecule has 0 aromatic heterocycles. The molecule has 0 aliphatic carbocycles. The van der Waals surface area contributed by atoms with Crippen molar-refractivity contribution in [3.05, 3.63) is 30.1 Å². The van der Waals surface area contributed by atoms with Crippen LogP contribution in [0.2, 0.25) is 0 Å². The number of amides is 3. The molecule has 2 rings (SSSR count). The molecule has 1 N–H and O–H groups in total. The summed E-state index contributed by atoms with van der Waals surface area (Å²) in [7, 11) is 0. The molecule has 0 unspecified atom stereocenters. The van der Waals surface area contributed by atoms with Crippen LogP contribution in [0.3, 0.4) is 0 Å². The summed E-state index contributed by atoms with van der Waals surface area (Å²) in [4.78, 5) is 26.4. The van der Waals surface area contributed by atoms with Crippen molar-refractivity contribution < 1.29 is 14.0 Å². The highest BCUT2D eigenvalue weighted by Gasteiger charge is 2.22. The Morgan fingerprint density at radius 3 is 2.30 bits per heavy atom. The fraction of sp³-hybridized carbons (Fsp3) is 0.385. The van der Waals surface area contributed by atoms with E-state index in [1.54, 1.807) is 17.0 Å². The highest BCUT2D eigenvalue weighted by atomic mass is 35.5. The van der Waals surface area contributed by atoms with Gasteiger partial charge in [-0.3, -0.25) is 10.1 Å². The van der Waals surface area contributed by atoms with Crippen molar-refractivity contribution in [3.63, 3.8) is 0 Å². The number of nitrogens with one attached hydrogen (secondary N) is 1. The molecule has 0 atom stereocenters. The third kappa shape index (κ3) is 3.60. The molecule has 1 aliphatic heterocycles. The van der Waals surface area contributed by atoms with E-state index in [0.29, 0.717) is 26.2 Å². The molecule has 1 aromatic rings. The maximum Gasteiger partial charge on any atom is 0.324 e. The van der Waals surface area contributed by atoms with Crippen LogP contribution < -0.4 is 10.2 Å². The smallest absolute Gasteiger partial charge is 0.324 e. The summed E-state index contributed by atoms with van der Waals surface area (Å²) >= 11 is 5.33. The van der Waals surface area contributed by atoms with Gasteiger partial charge in [-0.25, -0.2) is 9.18 Å². The standard InChI is InChI=1S/C13H15ClFN3O2/c14-9-12(19)16-13(20)18-7-5-17(6-8-18)11-3-1-10(15)2-4-11/h1-4H,5-9H2,(H,16,19,20). The van der Waals surface area contributed by atoms with Gasteiger partial charge in [0.1, 0.15) is 11.7 Å². The molecule has 0 bridgehead atoms. The highest BCUT2D eigenvalue weighted by molar-refractivity contribution is 6.28. The zero-order valence-corrected chi connectivity index (χ0v) is 11.6. The summed E-state index contributed by atoms with van der Waals surface area (Å²) in [5.74, 6) is -1.01. The third-order valence-corrected chi connectivity index (χ3v) is 3.37. The molecular weight excluding hydrogens is 285 g/mol. The first-order valence-electron chi connectivity index (χ1n) is 6.25. The van der Waals surface area contributed by atoms with Crippen molar-refractivity contribution in [2.75, 3.05) is 37.0 Å². The second-order valence-corrected chi connectivity index (χ2v) is 4.70. The Hall–Kier alpha value is -1.82. The summed E-state index contributed by atoms with van der Waals surface area (Å²) in [6.45, 7) is 2.26. The van der Waals surface area contributed by atoms with Crippen LogP contribution in [0.5, 0.6) is 0 Å². The minimum absolute atomic E-state index is 0.235. The normalized spacial score (nSPS) is 15.1. The lowest BCUT2D eigenvalue weighted by molar-refractivity contribution is -0.117. The van der Waals surface area contributed by atoms with E-state index in [9.17, 15) is 14.0 Å². The largest absolute Gasteiger partial charge is 0.368 e. The average Bonchev–Trinajstić information content (AvgIpc) is 2.48. The number of nitrogens with zero attached hydrogens (tertiary/aromatic N) is 2. The van der Waals surface area contributed by atoms with Crippen molar-refractivity contribution >= 4 is 29.2 Å². The van der Waals surface area contributed by atoms with Gasteiger partial charge in [-0.15, -0.1) is 11.6 Å². The van der Waals surface area contributed by atoms with Crippen molar-refractivity contribution in [1.29, 1.82) is 0 Å². The number of urea groups is 1. The first-order chi connectivity index (χ1) is 9.60. The minimum Gasteiger partial charge on any atom is -0.368 e. The molecule has 20 heavy (non-hydrogen) atoms. The van der Waals surface area contributed by atoms with E-state index in [4.69, 9.17) is 11.6 Å². The van der Waals surface area contributed by atoms with Gasteiger partial charge >= 0.3 is 6.03 Å². The lowest BCUT2D eigenvalue weighted by Gasteiger charge is -2.35. The number of hydrogen-bond donors (Lipinski definition) is 1. The van der Waals surface area contributed by atoms with Gasteiger partial charge < -0.3 is 9.80 Å². The number of imide groups is 1. The number of halogens is 2. The monoisotopic (exact) mass is 299 g/mol. The lowest BCUT2D eigenvalue weighted by atomic mass is 10.2. The van der Waals surface area contributed by atoms with Crippen molar-refractivity contribution in [2.24, 2.45) is 0 Å². The van der Waals surface area contributed by atoms with Crippen LogP contribution in [0.15, 0.2) is 24.3 Å². The summed E-state index contributed by atoms with van der Waals surface area (Å²) in [5.41, 5.74) is 0.920. The van der Waals surface area contributed by atoms with Gasteiger partial charge in [0.2, 0.25) is 5.91 Å². The maximum absolute atomic E-state index is 12.9. The molecule has 108 valence electrons. The van der Waals surface area contributed by atoms with E-state index >= 15 is 0 Å². The number of carbonyl (C=O) groups excluding carboxylic acids is 2. The average molecular weight is 300 g/mol. The number of carbonyl (C=O) groups is 2. The van der Waals surface area contributed by atoms with E-state index in [2.05, 4.69) is 10.2 Å². The molecule has 3 amide bonds. The first-order valence-corrected chi connectivity index (χ1v) is 6.79. The van der Waals surface area contributed by atoms with Crippen LogP contribution in [0.4, 0.5) is 14.9 Å². The summed E-state index contributed by atoms with van der Waals surface area (Å²) < 4.78 is 12.9. The summed E-state index contributed by atoms with van der Waals surface area (Å²) in [6.07, 6.45) is 0. The fourth-order valence-corrected chi connectivity index (χ4v) is 2.12. The molecule has 0 radical (unpaired) electrons. The van der Waals surface area contributed by atoms with Crippen LogP contribution in [-0.4, -0.2) is 48.9 Å². The van der Waals surface area contributed by atoms with Gasteiger partial charge in [0.05, 0.1) is 0 Å². The molecule has 7 heteroatoms. The van der Waals surface area contributed by atoms with Gasteiger partial charge in [-0.05, 0) is 24.3 Å². The number of benzene rings is 1. The highest BCUT2D eigenvalue weighted by Crippen LogP contribution is 2.16. The predicted molar refractivity (Wildman–Crippen MR) is 74.4 cm³/mol. The van der Waals surface area contributed by atoms with Crippen molar-refractivity contribution in [1.82, 2.24) is 10.2 Å². The molecular formula is C13H15ClFN3O2. The number of anilines is 1.